The molecule has 154 valence electrons. The third kappa shape index (κ3) is 3.15. The Kier molecular flexibility index (Phi) is 4.84. The highest BCUT2D eigenvalue weighted by molar-refractivity contribution is 6.30. The molecule has 0 radical (unpaired) electrons. The monoisotopic (exact) mass is 418 g/mol. The highest BCUT2D eigenvalue weighted by Crippen LogP contribution is 2.41. The quantitative estimate of drug-likeness (QED) is 0.667. The molecule has 3 aliphatic heterocycles. The Morgan fingerprint density at radius 3 is 2.90 bits per heavy atom. The van der Waals surface area contributed by atoms with Crippen LogP contribution >= 0.6 is 11.6 Å². The second kappa shape index (κ2) is 7.37. The third-order valence-electron chi connectivity index (χ3n) is 6.01. The number of rotatable bonds is 2. The lowest BCUT2D eigenvalue weighted by atomic mass is 9.94. The predicted molar refractivity (Wildman–Crippen MR) is 107 cm³/mol. The van der Waals surface area contributed by atoms with Gasteiger partial charge in [0.15, 0.2) is 6.23 Å². The number of hydrogen-bond donors (Lipinski definition) is 3. The number of aromatic nitrogens is 2. The van der Waals surface area contributed by atoms with Gasteiger partial charge in [-0.1, -0.05) is 17.7 Å². The van der Waals surface area contributed by atoms with Crippen molar-refractivity contribution in [2.75, 3.05) is 23.8 Å². The van der Waals surface area contributed by atoms with E-state index in [-0.39, 0.29) is 0 Å². The van der Waals surface area contributed by atoms with Gasteiger partial charge in [0.1, 0.15) is 42.4 Å². The summed E-state index contributed by atoms with van der Waals surface area (Å²) in [6, 6.07) is 5.67. The van der Waals surface area contributed by atoms with E-state index in [1.807, 2.05) is 23.1 Å². The first-order valence-corrected chi connectivity index (χ1v) is 10.2. The van der Waals surface area contributed by atoms with Crippen LogP contribution in [0.3, 0.4) is 0 Å². The highest BCUT2D eigenvalue weighted by atomic mass is 35.5. The Labute approximate surface area is 173 Å². The summed E-state index contributed by atoms with van der Waals surface area (Å²) in [5.74, 6) is 1.07. The van der Waals surface area contributed by atoms with Gasteiger partial charge < -0.3 is 30.3 Å². The minimum atomic E-state index is -1.11. The summed E-state index contributed by atoms with van der Waals surface area (Å²) < 4.78 is 12.3. The number of benzene rings is 1. The number of nitrogen functional groups attached to an aromatic ring is 1. The first-order valence-electron chi connectivity index (χ1n) is 9.82. The molecule has 3 aliphatic rings. The molecule has 0 amide bonds. The van der Waals surface area contributed by atoms with Crippen molar-refractivity contribution in [1.82, 2.24) is 9.97 Å². The summed E-state index contributed by atoms with van der Waals surface area (Å²) in [7, 11) is 0. The number of anilines is 2. The normalized spacial score (nSPS) is 31.4. The van der Waals surface area contributed by atoms with Crippen LogP contribution in [0.2, 0.25) is 5.02 Å². The van der Waals surface area contributed by atoms with E-state index in [1.165, 1.54) is 6.33 Å². The Morgan fingerprint density at radius 2 is 2.03 bits per heavy atom. The third-order valence-corrected chi connectivity index (χ3v) is 6.25. The number of halogens is 1. The van der Waals surface area contributed by atoms with E-state index in [4.69, 9.17) is 26.8 Å². The molecule has 4 N–H and O–H groups in total. The summed E-state index contributed by atoms with van der Waals surface area (Å²) in [6.07, 6.45) is -0.390. The number of aliphatic hydroxyl groups excluding tert-OH is 2. The van der Waals surface area contributed by atoms with Crippen LogP contribution in [-0.2, 0) is 22.3 Å². The largest absolute Gasteiger partial charge is 0.387 e. The number of aryl methyl sites for hydroxylation is 1. The fourth-order valence-electron chi connectivity index (χ4n) is 4.59. The lowest BCUT2D eigenvalue weighted by Gasteiger charge is -2.29. The molecule has 8 nitrogen and oxygen atoms in total. The van der Waals surface area contributed by atoms with Crippen molar-refractivity contribution in [1.29, 1.82) is 0 Å². The number of fused-ring (bicyclic) bond motifs is 2. The van der Waals surface area contributed by atoms with Gasteiger partial charge in [0, 0.05) is 23.7 Å². The maximum atomic E-state index is 10.8. The van der Waals surface area contributed by atoms with E-state index in [2.05, 4.69) is 9.97 Å². The van der Waals surface area contributed by atoms with Crippen LogP contribution in [0.5, 0.6) is 0 Å². The molecule has 1 fully saturated rings. The standard InChI is InChI=1S/C20H23ClN4O4/c21-11-3-4-12-10(8-11)2-1-7-28-16(12)17-14(26)15(27)20(29-17)25-6-5-13-18(22)23-9-24-19(13)25/h3-4,8-9,14-17,20,26-27H,1-2,5-7H2,(H2,22,23,24)/t14-,15+,16+,17-,20+/m0/s1. The van der Waals surface area contributed by atoms with E-state index in [0.29, 0.717) is 36.2 Å². The zero-order valence-electron chi connectivity index (χ0n) is 15.7. The van der Waals surface area contributed by atoms with Gasteiger partial charge in [-0.25, -0.2) is 9.97 Å². The zero-order chi connectivity index (χ0) is 20.1. The molecular weight excluding hydrogens is 396 g/mol. The minimum Gasteiger partial charge on any atom is -0.387 e. The number of hydrogen-bond acceptors (Lipinski definition) is 8. The first-order chi connectivity index (χ1) is 14.0. The van der Waals surface area contributed by atoms with Crippen molar-refractivity contribution < 1.29 is 19.7 Å². The van der Waals surface area contributed by atoms with Gasteiger partial charge in [0.25, 0.3) is 0 Å². The second-order valence-corrected chi connectivity index (χ2v) is 8.15. The summed E-state index contributed by atoms with van der Waals surface area (Å²) >= 11 is 6.17. The molecule has 1 saturated heterocycles. The SMILES string of the molecule is Nc1ncnc2c1CCN2[C@@H]1O[C@H]([C@@H]2OCCCc3cc(Cl)ccc32)[C@@H](O)[C@H]1O. The molecule has 1 aromatic carbocycles. The number of nitrogens with zero attached hydrogens (tertiary/aromatic N) is 3. The maximum absolute atomic E-state index is 10.8. The summed E-state index contributed by atoms with van der Waals surface area (Å²) in [5.41, 5.74) is 8.83. The van der Waals surface area contributed by atoms with Gasteiger partial charge >= 0.3 is 0 Å². The van der Waals surface area contributed by atoms with E-state index in [9.17, 15) is 10.2 Å². The molecule has 0 spiro atoms. The van der Waals surface area contributed by atoms with Crippen LogP contribution in [0.15, 0.2) is 24.5 Å². The average Bonchev–Trinajstić information content (AvgIpc) is 3.18. The first kappa shape index (κ1) is 19.0. The molecule has 0 unspecified atom stereocenters. The zero-order valence-corrected chi connectivity index (χ0v) is 16.5. The van der Waals surface area contributed by atoms with Crippen LogP contribution in [0.4, 0.5) is 11.6 Å². The Balaban J connectivity index is 1.45. The molecule has 2 aromatic rings. The van der Waals surface area contributed by atoms with Crippen LogP contribution < -0.4 is 10.6 Å². The second-order valence-electron chi connectivity index (χ2n) is 7.71. The Bertz CT molecular complexity index is 929. The van der Waals surface area contributed by atoms with Gasteiger partial charge in [-0.15, -0.1) is 0 Å². The topological polar surface area (TPSA) is 114 Å². The van der Waals surface area contributed by atoms with Crippen LogP contribution in [0, 0.1) is 0 Å². The highest BCUT2D eigenvalue weighted by Gasteiger charge is 2.51. The molecule has 5 rings (SSSR count). The van der Waals surface area contributed by atoms with Crippen LogP contribution in [-0.4, -0.2) is 57.9 Å². The molecular formula is C20H23ClN4O4. The molecule has 0 saturated carbocycles. The molecule has 9 heteroatoms. The number of nitrogens with two attached hydrogens (primary N) is 1. The molecule has 0 aliphatic carbocycles. The van der Waals surface area contributed by atoms with Gasteiger partial charge in [-0.05, 0) is 42.5 Å². The minimum absolute atomic E-state index is 0.431. The maximum Gasteiger partial charge on any atom is 0.160 e. The van der Waals surface area contributed by atoms with Crippen molar-refractivity contribution in [2.24, 2.45) is 0 Å². The van der Waals surface area contributed by atoms with Crippen molar-refractivity contribution in [3.8, 4) is 0 Å². The molecule has 29 heavy (non-hydrogen) atoms. The van der Waals surface area contributed by atoms with Gasteiger partial charge in [0.2, 0.25) is 0 Å². The van der Waals surface area contributed by atoms with E-state index in [0.717, 1.165) is 29.5 Å². The van der Waals surface area contributed by atoms with Crippen molar-refractivity contribution in [3.63, 3.8) is 0 Å². The lowest BCUT2D eigenvalue weighted by molar-refractivity contribution is -0.0951. The number of aliphatic hydroxyl groups is 2. The van der Waals surface area contributed by atoms with Crippen LogP contribution in [0.1, 0.15) is 29.2 Å². The lowest BCUT2D eigenvalue weighted by Crippen LogP contribution is -2.43. The van der Waals surface area contributed by atoms with Crippen LogP contribution in [0.25, 0.3) is 0 Å². The van der Waals surface area contributed by atoms with E-state index in [1.54, 1.807) is 0 Å². The Hall–Kier alpha value is -1.97. The molecule has 1 aromatic heterocycles. The van der Waals surface area contributed by atoms with Crippen molar-refractivity contribution in [2.45, 2.75) is 49.9 Å². The summed E-state index contributed by atoms with van der Waals surface area (Å²) in [6.45, 7) is 1.12. The fraction of sp³-hybridized carbons (Fsp3) is 0.500. The average molecular weight is 419 g/mol. The summed E-state index contributed by atoms with van der Waals surface area (Å²) in [4.78, 5) is 10.2. The molecule has 5 atom stereocenters. The van der Waals surface area contributed by atoms with E-state index < -0.39 is 30.6 Å². The number of ether oxygens (including phenoxy) is 2. The van der Waals surface area contributed by atoms with E-state index >= 15 is 0 Å². The molecule has 4 heterocycles. The predicted octanol–water partition coefficient (Wildman–Crippen LogP) is 1.23. The van der Waals surface area contributed by atoms with Crippen molar-refractivity contribution in [3.05, 3.63) is 46.2 Å². The van der Waals surface area contributed by atoms with Crippen molar-refractivity contribution >= 4 is 23.2 Å². The van der Waals surface area contributed by atoms with Gasteiger partial charge in [-0.3, -0.25) is 0 Å². The summed E-state index contributed by atoms with van der Waals surface area (Å²) in [5, 5.41) is 22.3. The van der Waals surface area contributed by atoms with Gasteiger partial charge in [-0.2, -0.15) is 0 Å². The smallest absolute Gasteiger partial charge is 0.160 e. The Morgan fingerprint density at radius 1 is 1.17 bits per heavy atom. The molecule has 0 bridgehead atoms. The fourth-order valence-corrected chi connectivity index (χ4v) is 4.78. The van der Waals surface area contributed by atoms with Gasteiger partial charge in [0.05, 0.1) is 0 Å².